The highest BCUT2D eigenvalue weighted by Crippen LogP contribution is 2.29. The Bertz CT molecular complexity index is 645. The summed E-state index contributed by atoms with van der Waals surface area (Å²) in [6.07, 6.45) is 2.95. The van der Waals surface area contributed by atoms with E-state index in [-0.39, 0.29) is 22.7 Å². The van der Waals surface area contributed by atoms with Crippen LogP contribution < -0.4 is 10.6 Å². The lowest BCUT2D eigenvalue weighted by Crippen LogP contribution is -2.46. The molecule has 7 nitrogen and oxygen atoms in total. The second-order valence-corrected chi connectivity index (χ2v) is 7.36. The Balaban J connectivity index is 2.32. The molecule has 0 amide bonds. The summed E-state index contributed by atoms with van der Waals surface area (Å²) in [4.78, 5) is 10.6. The summed E-state index contributed by atoms with van der Waals surface area (Å²) in [5, 5.41) is 17.6. The van der Waals surface area contributed by atoms with E-state index < -0.39 is 14.8 Å². The molecule has 21 heavy (non-hydrogen) atoms. The Morgan fingerprint density at radius 1 is 1.43 bits per heavy atom. The molecule has 2 rings (SSSR count). The van der Waals surface area contributed by atoms with Crippen LogP contribution in [-0.4, -0.2) is 38.2 Å². The van der Waals surface area contributed by atoms with Gasteiger partial charge < -0.3 is 10.6 Å². The van der Waals surface area contributed by atoms with Gasteiger partial charge in [0.25, 0.3) is 5.69 Å². The average molecular weight is 313 g/mol. The van der Waals surface area contributed by atoms with Crippen LogP contribution in [-0.2, 0) is 9.84 Å². The van der Waals surface area contributed by atoms with Gasteiger partial charge in [0.1, 0.15) is 5.69 Å². The van der Waals surface area contributed by atoms with Crippen LogP contribution in [0, 0.1) is 10.1 Å². The zero-order chi connectivity index (χ0) is 15.6. The number of hydrogen-bond donors (Lipinski definition) is 2. The van der Waals surface area contributed by atoms with Crippen LogP contribution in [0.3, 0.4) is 0 Å². The van der Waals surface area contributed by atoms with Gasteiger partial charge >= 0.3 is 0 Å². The fourth-order valence-electron chi connectivity index (χ4n) is 2.46. The summed E-state index contributed by atoms with van der Waals surface area (Å²) < 4.78 is 23.0. The van der Waals surface area contributed by atoms with Gasteiger partial charge in [-0.3, -0.25) is 10.1 Å². The minimum atomic E-state index is -3.46. The highest BCUT2D eigenvalue weighted by molar-refractivity contribution is 7.90. The van der Waals surface area contributed by atoms with Crippen LogP contribution in [0.1, 0.15) is 19.8 Å². The fourth-order valence-corrected chi connectivity index (χ4v) is 3.10. The fraction of sp³-hybridized carbons (Fsp3) is 0.538. The second kappa shape index (κ2) is 5.98. The molecule has 2 atom stereocenters. The third kappa shape index (κ3) is 3.70. The number of hydrogen-bond acceptors (Lipinski definition) is 6. The second-order valence-electron chi connectivity index (χ2n) is 5.34. The smallest absolute Gasteiger partial charge is 0.293 e. The monoisotopic (exact) mass is 313 g/mol. The van der Waals surface area contributed by atoms with Crippen molar-refractivity contribution in [3.8, 4) is 0 Å². The van der Waals surface area contributed by atoms with E-state index in [1.807, 2.05) is 6.92 Å². The van der Waals surface area contributed by atoms with Gasteiger partial charge in [0.05, 0.1) is 9.82 Å². The molecule has 0 aliphatic carbocycles. The molecule has 0 bridgehead atoms. The summed E-state index contributed by atoms with van der Waals surface area (Å²) in [6, 6.07) is 4.26. The molecule has 0 radical (unpaired) electrons. The molecule has 8 heteroatoms. The van der Waals surface area contributed by atoms with Crippen LogP contribution in [0.4, 0.5) is 11.4 Å². The zero-order valence-electron chi connectivity index (χ0n) is 12.0. The Labute approximate surface area is 123 Å². The number of nitrogens with one attached hydrogen (secondary N) is 2. The van der Waals surface area contributed by atoms with E-state index in [0.717, 1.165) is 31.7 Å². The van der Waals surface area contributed by atoms with Crippen molar-refractivity contribution in [3.63, 3.8) is 0 Å². The molecule has 1 aromatic carbocycles. The van der Waals surface area contributed by atoms with Gasteiger partial charge in [-0.05, 0) is 38.4 Å². The molecule has 1 aliphatic rings. The third-order valence-electron chi connectivity index (χ3n) is 3.70. The van der Waals surface area contributed by atoms with Crippen molar-refractivity contribution in [3.05, 3.63) is 28.3 Å². The number of nitro benzene ring substituents is 1. The first-order chi connectivity index (χ1) is 9.79. The van der Waals surface area contributed by atoms with Crippen LogP contribution in [0.5, 0.6) is 0 Å². The van der Waals surface area contributed by atoms with Crippen molar-refractivity contribution in [2.45, 2.75) is 36.7 Å². The number of rotatable bonds is 4. The number of piperidine rings is 1. The molecule has 0 saturated carbocycles. The predicted molar refractivity (Wildman–Crippen MR) is 80.3 cm³/mol. The highest BCUT2D eigenvalue weighted by Gasteiger charge is 2.25. The molecule has 0 spiro atoms. The van der Waals surface area contributed by atoms with E-state index in [0.29, 0.717) is 5.69 Å². The van der Waals surface area contributed by atoms with Crippen molar-refractivity contribution in [2.75, 3.05) is 18.1 Å². The standard InChI is InChI=1S/C13H19N3O4S/c1-9-11(4-3-7-14-9)15-12-6-5-10(21(2,19)20)8-13(12)16(17)18/h5-6,8-9,11,14-15H,3-4,7H2,1-2H3. The highest BCUT2D eigenvalue weighted by atomic mass is 32.2. The van der Waals surface area contributed by atoms with Crippen LogP contribution >= 0.6 is 0 Å². The summed E-state index contributed by atoms with van der Waals surface area (Å²) in [5.74, 6) is 0. The lowest BCUT2D eigenvalue weighted by Gasteiger charge is -2.31. The van der Waals surface area contributed by atoms with Crippen molar-refractivity contribution in [1.29, 1.82) is 0 Å². The van der Waals surface area contributed by atoms with E-state index in [1.54, 1.807) is 0 Å². The minimum Gasteiger partial charge on any atom is -0.375 e. The normalized spacial score (nSPS) is 22.8. The summed E-state index contributed by atoms with van der Waals surface area (Å²) in [7, 11) is -3.46. The Kier molecular flexibility index (Phi) is 4.48. The maximum atomic E-state index is 11.5. The first-order valence-corrected chi connectivity index (χ1v) is 8.66. The molecule has 0 aromatic heterocycles. The summed E-state index contributed by atoms with van der Waals surface area (Å²) in [6.45, 7) is 2.96. The van der Waals surface area contributed by atoms with E-state index >= 15 is 0 Å². The molecular weight excluding hydrogens is 294 g/mol. The molecule has 1 saturated heterocycles. The van der Waals surface area contributed by atoms with Crippen molar-refractivity contribution in [1.82, 2.24) is 5.32 Å². The minimum absolute atomic E-state index is 0.0467. The zero-order valence-corrected chi connectivity index (χ0v) is 12.8. The lowest BCUT2D eigenvalue weighted by molar-refractivity contribution is -0.384. The maximum Gasteiger partial charge on any atom is 0.293 e. The summed E-state index contributed by atoms with van der Waals surface area (Å²) in [5.41, 5.74) is 0.142. The van der Waals surface area contributed by atoms with E-state index in [9.17, 15) is 18.5 Å². The molecule has 116 valence electrons. The third-order valence-corrected chi connectivity index (χ3v) is 4.81. The maximum absolute atomic E-state index is 11.5. The Morgan fingerprint density at radius 3 is 2.71 bits per heavy atom. The molecule has 1 aliphatic heterocycles. The number of nitro groups is 1. The van der Waals surface area contributed by atoms with E-state index in [4.69, 9.17) is 0 Å². The van der Waals surface area contributed by atoms with Gasteiger partial charge in [0.2, 0.25) is 0 Å². The number of anilines is 1. The Hall–Kier alpha value is -1.67. The number of sulfone groups is 1. The number of benzene rings is 1. The van der Waals surface area contributed by atoms with Gasteiger partial charge in [-0.1, -0.05) is 0 Å². The average Bonchev–Trinajstić information content (AvgIpc) is 2.40. The lowest BCUT2D eigenvalue weighted by atomic mass is 9.99. The van der Waals surface area contributed by atoms with Gasteiger partial charge in [-0.15, -0.1) is 0 Å². The topological polar surface area (TPSA) is 101 Å². The SMILES string of the molecule is CC1NCCCC1Nc1ccc(S(C)(=O)=O)cc1[N+](=O)[O-]. The molecular formula is C13H19N3O4S. The first-order valence-electron chi connectivity index (χ1n) is 6.77. The van der Waals surface area contributed by atoms with Gasteiger partial charge in [0.15, 0.2) is 9.84 Å². The number of nitrogens with zero attached hydrogens (tertiary/aromatic N) is 1. The summed E-state index contributed by atoms with van der Waals surface area (Å²) >= 11 is 0. The van der Waals surface area contributed by atoms with E-state index in [1.165, 1.54) is 12.1 Å². The van der Waals surface area contributed by atoms with Crippen LogP contribution in [0.25, 0.3) is 0 Å². The van der Waals surface area contributed by atoms with Crippen molar-refractivity contribution in [2.24, 2.45) is 0 Å². The van der Waals surface area contributed by atoms with Crippen molar-refractivity contribution >= 4 is 21.2 Å². The van der Waals surface area contributed by atoms with E-state index in [2.05, 4.69) is 10.6 Å². The Morgan fingerprint density at radius 2 is 2.14 bits per heavy atom. The predicted octanol–water partition coefficient (Wildman–Crippen LogP) is 1.55. The first kappa shape index (κ1) is 15.7. The molecule has 2 unspecified atom stereocenters. The van der Waals surface area contributed by atoms with Gasteiger partial charge in [-0.25, -0.2) is 8.42 Å². The largest absolute Gasteiger partial charge is 0.375 e. The van der Waals surface area contributed by atoms with Gasteiger partial charge in [0, 0.05) is 24.4 Å². The molecule has 2 N–H and O–H groups in total. The molecule has 1 aromatic rings. The van der Waals surface area contributed by atoms with Crippen molar-refractivity contribution < 1.29 is 13.3 Å². The van der Waals surface area contributed by atoms with Gasteiger partial charge in [-0.2, -0.15) is 0 Å². The van der Waals surface area contributed by atoms with Crippen LogP contribution in [0.2, 0.25) is 0 Å². The molecule has 1 fully saturated rings. The molecule has 1 heterocycles. The quantitative estimate of drug-likeness (QED) is 0.646. The van der Waals surface area contributed by atoms with Crippen LogP contribution in [0.15, 0.2) is 23.1 Å².